The molecule has 1 fully saturated rings. The van der Waals surface area contributed by atoms with E-state index in [1.807, 2.05) is 31.2 Å². The van der Waals surface area contributed by atoms with Gasteiger partial charge in [0.15, 0.2) is 0 Å². The highest BCUT2D eigenvalue weighted by Crippen LogP contribution is 2.17. The van der Waals surface area contributed by atoms with E-state index in [1.165, 1.54) is 6.42 Å². The third-order valence-electron chi connectivity index (χ3n) is 3.35. The summed E-state index contributed by atoms with van der Waals surface area (Å²) in [6, 6.07) is 8.12. The van der Waals surface area contributed by atoms with Crippen molar-refractivity contribution in [1.82, 2.24) is 4.90 Å². The third-order valence-corrected chi connectivity index (χ3v) is 3.35. The van der Waals surface area contributed by atoms with Crippen LogP contribution in [0.3, 0.4) is 0 Å². The number of ether oxygens (including phenoxy) is 2. The van der Waals surface area contributed by atoms with Gasteiger partial charge in [-0.05, 0) is 50.6 Å². The van der Waals surface area contributed by atoms with Crippen molar-refractivity contribution in [3.63, 3.8) is 0 Å². The van der Waals surface area contributed by atoms with Crippen LogP contribution in [0.15, 0.2) is 24.3 Å². The predicted octanol–water partition coefficient (Wildman–Crippen LogP) is 1.89. The maximum atomic E-state index is 5.96. The first kappa shape index (κ1) is 14.2. The molecule has 1 aliphatic heterocycles. The Morgan fingerprint density at radius 3 is 2.53 bits per heavy atom. The van der Waals surface area contributed by atoms with Gasteiger partial charge < -0.3 is 15.2 Å². The minimum absolute atomic E-state index is 0.333. The summed E-state index contributed by atoms with van der Waals surface area (Å²) in [6.45, 7) is 6.46. The predicted molar refractivity (Wildman–Crippen MR) is 76.8 cm³/mol. The minimum atomic E-state index is 0.333. The lowest BCUT2D eigenvalue weighted by Gasteiger charge is -2.30. The number of benzene rings is 1. The molecular formula is C15H24N2O2. The van der Waals surface area contributed by atoms with Crippen molar-refractivity contribution in [2.75, 3.05) is 32.8 Å². The molecule has 19 heavy (non-hydrogen) atoms. The molecule has 0 amide bonds. The van der Waals surface area contributed by atoms with E-state index >= 15 is 0 Å². The van der Waals surface area contributed by atoms with Gasteiger partial charge in [0, 0.05) is 19.1 Å². The molecule has 2 rings (SSSR count). The van der Waals surface area contributed by atoms with Crippen LogP contribution < -0.4 is 15.2 Å². The number of hydrogen-bond donors (Lipinski definition) is 1. The fraction of sp³-hybridized carbons (Fsp3) is 0.600. The van der Waals surface area contributed by atoms with Gasteiger partial charge in [0.25, 0.3) is 0 Å². The molecule has 2 N–H and O–H groups in total. The molecule has 0 spiro atoms. The molecular weight excluding hydrogens is 240 g/mol. The van der Waals surface area contributed by atoms with E-state index in [-0.39, 0.29) is 0 Å². The van der Waals surface area contributed by atoms with Crippen molar-refractivity contribution in [3.8, 4) is 11.5 Å². The molecule has 0 aromatic heterocycles. The van der Waals surface area contributed by atoms with Crippen molar-refractivity contribution in [2.24, 2.45) is 5.73 Å². The average Bonchev–Trinajstić information content (AvgIpc) is 2.41. The third kappa shape index (κ3) is 4.73. The summed E-state index contributed by atoms with van der Waals surface area (Å²) in [5.74, 6) is 1.78. The zero-order chi connectivity index (χ0) is 13.5. The second kappa shape index (κ2) is 7.36. The zero-order valence-electron chi connectivity index (χ0n) is 11.7. The van der Waals surface area contributed by atoms with Gasteiger partial charge >= 0.3 is 0 Å². The van der Waals surface area contributed by atoms with Gasteiger partial charge in [-0.3, -0.25) is 4.90 Å². The summed E-state index contributed by atoms with van der Waals surface area (Å²) in [4.78, 5) is 2.38. The second-order valence-electron chi connectivity index (χ2n) is 4.96. The Morgan fingerprint density at radius 1 is 1.21 bits per heavy atom. The van der Waals surface area contributed by atoms with Crippen LogP contribution in [0.5, 0.6) is 11.5 Å². The molecule has 1 aromatic rings. The Labute approximate surface area is 115 Å². The molecule has 1 aromatic carbocycles. The smallest absolute Gasteiger partial charge is 0.119 e. The van der Waals surface area contributed by atoms with Gasteiger partial charge in [-0.25, -0.2) is 0 Å². The molecule has 0 unspecified atom stereocenters. The Kier molecular flexibility index (Phi) is 5.48. The molecule has 1 atom stereocenters. The van der Waals surface area contributed by atoms with Crippen molar-refractivity contribution < 1.29 is 9.47 Å². The van der Waals surface area contributed by atoms with Crippen LogP contribution in [-0.2, 0) is 0 Å². The lowest BCUT2D eigenvalue weighted by molar-refractivity contribution is 0.171. The van der Waals surface area contributed by atoms with Crippen LogP contribution in [0.2, 0.25) is 0 Å². The van der Waals surface area contributed by atoms with Gasteiger partial charge in [-0.2, -0.15) is 0 Å². The number of rotatable bonds is 6. The van der Waals surface area contributed by atoms with Crippen molar-refractivity contribution in [3.05, 3.63) is 24.3 Å². The summed E-state index contributed by atoms with van der Waals surface area (Å²) in [5, 5.41) is 0. The lowest BCUT2D eigenvalue weighted by atomic mass is 10.1. The van der Waals surface area contributed by atoms with E-state index in [0.717, 1.165) is 37.6 Å². The molecule has 1 saturated heterocycles. The topological polar surface area (TPSA) is 47.7 Å². The number of hydrogen-bond acceptors (Lipinski definition) is 4. The Hall–Kier alpha value is -1.26. The monoisotopic (exact) mass is 264 g/mol. The van der Waals surface area contributed by atoms with Crippen LogP contribution >= 0.6 is 0 Å². The largest absolute Gasteiger partial charge is 0.494 e. The van der Waals surface area contributed by atoms with Gasteiger partial charge in [0.05, 0.1) is 6.61 Å². The van der Waals surface area contributed by atoms with Gasteiger partial charge in [-0.15, -0.1) is 0 Å². The first-order valence-corrected chi connectivity index (χ1v) is 7.11. The van der Waals surface area contributed by atoms with E-state index in [0.29, 0.717) is 19.3 Å². The summed E-state index contributed by atoms with van der Waals surface area (Å²) in [7, 11) is 0. The molecule has 1 aliphatic rings. The summed E-state index contributed by atoms with van der Waals surface area (Å²) in [6.07, 6.45) is 2.35. The maximum Gasteiger partial charge on any atom is 0.119 e. The molecule has 0 saturated carbocycles. The fourth-order valence-electron chi connectivity index (χ4n) is 2.39. The highest BCUT2D eigenvalue weighted by molar-refractivity contribution is 5.31. The number of piperidine rings is 1. The van der Waals surface area contributed by atoms with Gasteiger partial charge in [-0.1, -0.05) is 0 Å². The van der Waals surface area contributed by atoms with Gasteiger partial charge in [0.1, 0.15) is 18.1 Å². The fourth-order valence-corrected chi connectivity index (χ4v) is 2.39. The van der Waals surface area contributed by atoms with Crippen LogP contribution in [-0.4, -0.2) is 43.8 Å². The van der Waals surface area contributed by atoms with E-state index < -0.39 is 0 Å². The minimum Gasteiger partial charge on any atom is -0.494 e. The van der Waals surface area contributed by atoms with Crippen molar-refractivity contribution >= 4 is 0 Å². The number of likely N-dealkylation sites (tertiary alicyclic amines) is 1. The Balaban J connectivity index is 1.70. The molecule has 1 heterocycles. The van der Waals surface area contributed by atoms with Crippen LogP contribution in [0, 0.1) is 0 Å². The van der Waals surface area contributed by atoms with E-state index in [4.69, 9.17) is 15.2 Å². The average molecular weight is 264 g/mol. The summed E-state index contributed by atoms with van der Waals surface area (Å²) >= 11 is 0. The lowest BCUT2D eigenvalue weighted by Crippen LogP contribution is -2.44. The molecule has 4 nitrogen and oxygen atoms in total. The van der Waals surface area contributed by atoms with E-state index in [1.54, 1.807) is 0 Å². The Morgan fingerprint density at radius 2 is 1.89 bits per heavy atom. The number of nitrogens with zero attached hydrogens (tertiary/aromatic N) is 1. The SMILES string of the molecule is CCOc1ccc(OCCN2CCC[C@@H](N)C2)cc1. The first-order chi connectivity index (χ1) is 9.28. The standard InChI is InChI=1S/C15H24N2O2/c1-2-18-14-5-7-15(8-6-14)19-11-10-17-9-3-4-13(16)12-17/h5-8,13H,2-4,9-12,16H2,1H3/t13-/m1/s1. The van der Waals surface area contributed by atoms with Crippen LogP contribution in [0.25, 0.3) is 0 Å². The number of nitrogens with two attached hydrogens (primary N) is 1. The van der Waals surface area contributed by atoms with Crippen LogP contribution in [0.1, 0.15) is 19.8 Å². The first-order valence-electron chi connectivity index (χ1n) is 7.11. The highest BCUT2D eigenvalue weighted by Gasteiger charge is 2.15. The van der Waals surface area contributed by atoms with Crippen LogP contribution in [0.4, 0.5) is 0 Å². The van der Waals surface area contributed by atoms with E-state index in [9.17, 15) is 0 Å². The zero-order valence-corrected chi connectivity index (χ0v) is 11.7. The molecule has 0 aliphatic carbocycles. The maximum absolute atomic E-state index is 5.96. The molecule has 106 valence electrons. The quantitative estimate of drug-likeness (QED) is 0.852. The van der Waals surface area contributed by atoms with E-state index in [2.05, 4.69) is 4.90 Å². The second-order valence-corrected chi connectivity index (χ2v) is 4.96. The molecule has 0 radical (unpaired) electrons. The normalized spacial score (nSPS) is 20.2. The Bertz CT molecular complexity index is 367. The molecule has 4 heteroatoms. The van der Waals surface area contributed by atoms with Gasteiger partial charge in [0.2, 0.25) is 0 Å². The van der Waals surface area contributed by atoms with Crippen molar-refractivity contribution in [1.29, 1.82) is 0 Å². The molecule has 0 bridgehead atoms. The summed E-state index contributed by atoms with van der Waals surface area (Å²) in [5.41, 5.74) is 5.96. The summed E-state index contributed by atoms with van der Waals surface area (Å²) < 4.78 is 11.1. The van der Waals surface area contributed by atoms with Crippen molar-refractivity contribution in [2.45, 2.75) is 25.8 Å². The highest BCUT2D eigenvalue weighted by atomic mass is 16.5.